The number of carboxylic acid groups (broad SMARTS) is 1. The molecule has 0 radical (unpaired) electrons. The first-order chi connectivity index (χ1) is 8.79. The molecule has 104 valence electrons. The van der Waals surface area contributed by atoms with Crippen molar-refractivity contribution in [1.82, 2.24) is 19.9 Å². The minimum atomic E-state index is -1.14. The van der Waals surface area contributed by atoms with Crippen molar-refractivity contribution in [2.24, 2.45) is 5.92 Å². The molecule has 1 aromatic rings. The topological polar surface area (TPSA) is 88.3 Å². The fourth-order valence-electron chi connectivity index (χ4n) is 2.72. The largest absolute Gasteiger partial charge is 0.476 e. The number of carbonyl (C=O) groups is 2. The van der Waals surface area contributed by atoms with Gasteiger partial charge < -0.3 is 10.0 Å². The Kier molecular flexibility index (Phi) is 3.30. The van der Waals surface area contributed by atoms with Gasteiger partial charge in [0.1, 0.15) is 6.54 Å². The Morgan fingerprint density at radius 3 is 2.68 bits per heavy atom. The number of likely N-dealkylation sites (tertiary alicyclic amines) is 1. The molecule has 0 spiro atoms. The van der Waals surface area contributed by atoms with E-state index >= 15 is 0 Å². The zero-order valence-electron chi connectivity index (χ0n) is 11.3. The average Bonchev–Trinajstić information content (AvgIpc) is 2.82. The van der Waals surface area contributed by atoms with E-state index < -0.39 is 5.97 Å². The molecule has 1 amide bonds. The second-order valence-electron chi connectivity index (χ2n) is 5.73. The van der Waals surface area contributed by atoms with Crippen LogP contribution in [0.4, 0.5) is 0 Å². The van der Waals surface area contributed by atoms with Crippen LogP contribution in [0.1, 0.15) is 37.7 Å². The quantitative estimate of drug-likeness (QED) is 0.866. The summed E-state index contributed by atoms with van der Waals surface area (Å²) in [6.45, 7) is 6.95. The molecule has 7 heteroatoms. The number of hydrogen-bond donors (Lipinski definition) is 1. The van der Waals surface area contributed by atoms with Crippen LogP contribution in [0.5, 0.6) is 0 Å². The molecule has 1 aliphatic heterocycles. The van der Waals surface area contributed by atoms with Crippen molar-refractivity contribution < 1.29 is 14.7 Å². The highest BCUT2D eigenvalue weighted by atomic mass is 16.4. The second-order valence-corrected chi connectivity index (χ2v) is 5.73. The summed E-state index contributed by atoms with van der Waals surface area (Å²) in [5.41, 5.74) is -0.311. The Balaban J connectivity index is 2.06. The summed E-state index contributed by atoms with van der Waals surface area (Å²) >= 11 is 0. The third-order valence-corrected chi connectivity index (χ3v) is 3.43. The Hall–Kier alpha value is -1.92. The lowest BCUT2D eigenvalue weighted by atomic mass is 9.98. The van der Waals surface area contributed by atoms with E-state index in [0.29, 0.717) is 5.92 Å². The molecule has 0 bridgehead atoms. The molecule has 19 heavy (non-hydrogen) atoms. The van der Waals surface area contributed by atoms with Gasteiger partial charge in [-0.05, 0) is 26.2 Å². The Morgan fingerprint density at radius 1 is 1.53 bits per heavy atom. The monoisotopic (exact) mass is 266 g/mol. The number of nitrogens with zero attached hydrogens (tertiary/aromatic N) is 4. The van der Waals surface area contributed by atoms with Gasteiger partial charge in [0, 0.05) is 12.1 Å². The Labute approximate surface area is 111 Å². The maximum Gasteiger partial charge on any atom is 0.358 e. The molecule has 0 aromatic carbocycles. The standard InChI is InChI=1S/C12H18N4O3/c1-8-4-12(2,3)16(5-8)10(17)7-15-6-9(11(18)19)13-14-15/h6,8H,4-5,7H2,1-3H3,(H,18,19). The highest BCUT2D eigenvalue weighted by molar-refractivity contribution is 5.84. The molecule has 7 nitrogen and oxygen atoms in total. The molecule has 2 heterocycles. The summed E-state index contributed by atoms with van der Waals surface area (Å²) in [5, 5.41) is 15.9. The first-order valence-corrected chi connectivity index (χ1v) is 6.23. The van der Waals surface area contributed by atoms with E-state index in [1.807, 2.05) is 18.7 Å². The molecule has 2 rings (SSSR count). The normalized spacial score (nSPS) is 21.6. The minimum Gasteiger partial charge on any atom is -0.476 e. The van der Waals surface area contributed by atoms with Gasteiger partial charge in [-0.2, -0.15) is 0 Å². The van der Waals surface area contributed by atoms with E-state index in [-0.39, 0.29) is 23.7 Å². The third kappa shape index (κ3) is 2.74. The van der Waals surface area contributed by atoms with Crippen molar-refractivity contribution in [2.75, 3.05) is 6.54 Å². The van der Waals surface area contributed by atoms with Crippen molar-refractivity contribution in [2.45, 2.75) is 39.3 Å². The number of rotatable bonds is 3. The number of carbonyl (C=O) groups excluding carboxylic acids is 1. The van der Waals surface area contributed by atoms with Crippen LogP contribution in [0.2, 0.25) is 0 Å². The van der Waals surface area contributed by atoms with E-state index in [2.05, 4.69) is 17.2 Å². The number of carboxylic acids is 1. The van der Waals surface area contributed by atoms with Crippen LogP contribution < -0.4 is 0 Å². The van der Waals surface area contributed by atoms with Crippen LogP contribution in [-0.2, 0) is 11.3 Å². The van der Waals surface area contributed by atoms with E-state index in [4.69, 9.17) is 5.11 Å². The lowest BCUT2D eigenvalue weighted by molar-refractivity contribution is -0.135. The summed E-state index contributed by atoms with van der Waals surface area (Å²) in [6, 6.07) is 0. The zero-order valence-corrected chi connectivity index (χ0v) is 11.3. The SMILES string of the molecule is CC1CN(C(=O)Cn2cc(C(=O)O)nn2)C(C)(C)C1. The molecular weight excluding hydrogens is 248 g/mol. The molecule has 1 fully saturated rings. The van der Waals surface area contributed by atoms with Crippen LogP contribution in [0.3, 0.4) is 0 Å². The van der Waals surface area contributed by atoms with E-state index in [1.165, 1.54) is 10.9 Å². The predicted molar refractivity (Wildman–Crippen MR) is 66.6 cm³/mol. The molecule has 0 saturated carbocycles. The molecule has 1 N–H and O–H groups in total. The van der Waals surface area contributed by atoms with Crippen LogP contribution in [0.25, 0.3) is 0 Å². The average molecular weight is 266 g/mol. The highest BCUT2D eigenvalue weighted by Crippen LogP contribution is 2.32. The third-order valence-electron chi connectivity index (χ3n) is 3.43. The van der Waals surface area contributed by atoms with Gasteiger partial charge in [-0.25, -0.2) is 9.48 Å². The van der Waals surface area contributed by atoms with Crippen LogP contribution in [-0.4, -0.2) is 49.0 Å². The van der Waals surface area contributed by atoms with Crippen LogP contribution in [0, 0.1) is 5.92 Å². The van der Waals surface area contributed by atoms with Gasteiger partial charge in [-0.15, -0.1) is 5.10 Å². The summed E-state index contributed by atoms with van der Waals surface area (Å²) in [6.07, 6.45) is 2.24. The minimum absolute atomic E-state index is 0.0242. The first kappa shape index (κ1) is 13.5. The van der Waals surface area contributed by atoms with Crippen molar-refractivity contribution in [1.29, 1.82) is 0 Å². The molecule has 1 atom stereocenters. The highest BCUT2D eigenvalue weighted by Gasteiger charge is 2.39. The van der Waals surface area contributed by atoms with Crippen LogP contribution in [0.15, 0.2) is 6.20 Å². The fraction of sp³-hybridized carbons (Fsp3) is 0.667. The van der Waals surface area contributed by atoms with Crippen molar-refractivity contribution in [3.63, 3.8) is 0 Å². The predicted octanol–water partition coefficient (Wildman–Crippen LogP) is 0.623. The van der Waals surface area contributed by atoms with E-state index in [9.17, 15) is 9.59 Å². The van der Waals surface area contributed by atoms with Gasteiger partial charge in [0.2, 0.25) is 5.91 Å². The maximum atomic E-state index is 12.2. The number of aromatic carboxylic acids is 1. The number of aromatic nitrogens is 3. The lowest BCUT2D eigenvalue weighted by Gasteiger charge is -2.31. The molecular formula is C12H18N4O3. The fourth-order valence-corrected chi connectivity index (χ4v) is 2.72. The van der Waals surface area contributed by atoms with Crippen molar-refractivity contribution in [3.05, 3.63) is 11.9 Å². The van der Waals surface area contributed by atoms with Gasteiger partial charge in [0.25, 0.3) is 0 Å². The number of hydrogen-bond acceptors (Lipinski definition) is 4. The van der Waals surface area contributed by atoms with Gasteiger partial charge in [-0.1, -0.05) is 12.1 Å². The molecule has 0 aliphatic carbocycles. The maximum absolute atomic E-state index is 12.2. The summed E-state index contributed by atoms with van der Waals surface area (Å²) in [5.74, 6) is -0.728. The van der Waals surface area contributed by atoms with Gasteiger partial charge in [0.15, 0.2) is 5.69 Å². The first-order valence-electron chi connectivity index (χ1n) is 6.23. The molecule has 1 unspecified atom stereocenters. The number of amides is 1. The Morgan fingerprint density at radius 2 is 2.21 bits per heavy atom. The lowest BCUT2D eigenvalue weighted by Crippen LogP contribution is -2.44. The smallest absolute Gasteiger partial charge is 0.358 e. The Bertz CT molecular complexity index is 509. The zero-order chi connectivity index (χ0) is 14.2. The van der Waals surface area contributed by atoms with Gasteiger partial charge in [-0.3, -0.25) is 4.79 Å². The van der Waals surface area contributed by atoms with E-state index in [1.54, 1.807) is 0 Å². The summed E-state index contributed by atoms with van der Waals surface area (Å²) < 4.78 is 1.27. The van der Waals surface area contributed by atoms with Crippen LogP contribution >= 0.6 is 0 Å². The van der Waals surface area contributed by atoms with Crippen molar-refractivity contribution >= 4 is 11.9 Å². The van der Waals surface area contributed by atoms with Gasteiger partial charge in [0.05, 0.1) is 6.20 Å². The van der Waals surface area contributed by atoms with Crippen molar-refractivity contribution in [3.8, 4) is 0 Å². The van der Waals surface area contributed by atoms with Gasteiger partial charge >= 0.3 is 5.97 Å². The molecule has 1 aromatic heterocycles. The summed E-state index contributed by atoms with van der Waals surface area (Å²) in [4.78, 5) is 24.8. The molecule has 1 saturated heterocycles. The second kappa shape index (κ2) is 4.64. The summed E-state index contributed by atoms with van der Waals surface area (Å²) in [7, 11) is 0. The molecule has 1 aliphatic rings. The van der Waals surface area contributed by atoms with E-state index in [0.717, 1.165) is 13.0 Å².